The second-order valence-electron chi connectivity index (χ2n) is 5.18. The maximum atomic E-state index is 9.49. The molecule has 3 nitrogen and oxygen atoms in total. The summed E-state index contributed by atoms with van der Waals surface area (Å²) in [6.07, 6.45) is 2.76. The minimum Gasteiger partial charge on any atom is -0.396 e. The predicted molar refractivity (Wildman–Crippen MR) is 57.2 cm³/mol. The third-order valence-electron chi connectivity index (χ3n) is 2.87. The highest BCUT2D eigenvalue weighted by atomic mass is 16.3. The van der Waals surface area contributed by atoms with Crippen molar-refractivity contribution in [3.05, 3.63) is 0 Å². The lowest BCUT2D eigenvalue weighted by Crippen LogP contribution is -2.37. The largest absolute Gasteiger partial charge is 0.396 e. The van der Waals surface area contributed by atoms with Gasteiger partial charge in [-0.2, -0.15) is 0 Å². The summed E-state index contributed by atoms with van der Waals surface area (Å²) in [6.45, 7) is 7.33. The Labute approximate surface area is 86.7 Å². The van der Waals surface area contributed by atoms with Crippen molar-refractivity contribution in [1.82, 2.24) is 4.90 Å². The molecule has 1 heterocycles. The lowest BCUT2D eigenvalue weighted by Gasteiger charge is -2.30. The van der Waals surface area contributed by atoms with Crippen LogP contribution in [0.4, 0.5) is 0 Å². The lowest BCUT2D eigenvalue weighted by atomic mass is 9.94. The third kappa shape index (κ3) is 3.95. The summed E-state index contributed by atoms with van der Waals surface area (Å²) in [4.78, 5) is 2.35. The molecule has 1 saturated heterocycles. The van der Waals surface area contributed by atoms with Crippen LogP contribution in [0.3, 0.4) is 0 Å². The minimum absolute atomic E-state index is 0.0186. The van der Waals surface area contributed by atoms with Crippen molar-refractivity contribution in [3.8, 4) is 0 Å². The van der Waals surface area contributed by atoms with E-state index >= 15 is 0 Å². The van der Waals surface area contributed by atoms with E-state index in [0.717, 1.165) is 38.9 Å². The second-order valence-corrected chi connectivity index (χ2v) is 5.18. The zero-order chi connectivity index (χ0) is 10.6. The maximum absolute atomic E-state index is 9.49. The summed E-state index contributed by atoms with van der Waals surface area (Å²) in [5.74, 6) is 0. The summed E-state index contributed by atoms with van der Waals surface area (Å²) < 4.78 is 0. The van der Waals surface area contributed by atoms with E-state index in [1.54, 1.807) is 0 Å². The van der Waals surface area contributed by atoms with Crippen molar-refractivity contribution in [1.29, 1.82) is 0 Å². The van der Waals surface area contributed by atoms with Crippen LogP contribution in [0.25, 0.3) is 0 Å². The number of hydrogen-bond acceptors (Lipinski definition) is 3. The van der Waals surface area contributed by atoms with Gasteiger partial charge in [-0.25, -0.2) is 0 Å². The van der Waals surface area contributed by atoms with E-state index in [0.29, 0.717) is 0 Å². The van der Waals surface area contributed by atoms with E-state index in [4.69, 9.17) is 0 Å². The molecule has 0 aromatic rings. The van der Waals surface area contributed by atoms with Crippen molar-refractivity contribution >= 4 is 0 Å². The molecule has 0 amide bonds. The van der Waals surface area contributed by atoms with Crippen molar-refractivity contribution in [2.45, 2.75) is 39.2 Å². The standard InChI is InChI=1S/C11H23NO2/c1-11(2,9-13)8-12-6-3-4-10(14)5-7-12/h10,13-14H,3-9H2,1-2H3. The summed E-state index contributed by atoms with van der Waals surface area (Å²) in [5, 5.41) is 18.7. The van der Waals surface area contributed by atoms with E-state index < -0.39 is 0 Å². The van der Waals surface area contributed by atoms with Crippen LogP contribution >= 0.6 is 0 Å². The average molecular weight is 201 g/mol. The van der Waals surface area contributed by atoms with Gasteiger partial charge in [0, 0.05) is 25.1 Å². The van der Waals surface area contributed by atoms with Gasteiger partial charge in [-0.3, -0.25) is 0 Å². The van der Waals surface area contributed by atoms with Gasteiger partial charge in [0.05, 0.1) is 6.10 Å². The first-order chi connectivity index (χ1) is 6.53. The number of aliphatic hydroxyl groups is 2. The molecule has 1 rings (SSSR count). The first kappa shape index (κ1) is 12.0. The fourth-order valence-corrected chi connectivity index (χ4v) is 1.95. The van der Waals surface area contributed by atoms with Crippen molar-refractivity contribution in [3.63, 3.8) is 0 Å². The molecular formula is C11H23NO2. The molecule has 1 atom stereocenters. The Bertz CT molecular complexity index is 171. The Kier molecular flexibility index (Phi) is 4.35. The number of hydrogen-bond donors (Lipinski definition) is 2. The summed E-state index contributed by atoms with van der Waals surface area (Å²) >= 11 is 0. The number of rotatable bonds is 3. The molecule has 1 unspecified atom stereocenters. The molecule has 0 saturated carbocycles. The molecule has 3 heteroatoms. The van der Waals surface area contributed by atoms with Crippen LogP contribution in [0, 0.1) is 5.41 Å². The maximum Gasteiger partial charge on any atom is 0.0553 e. The Hall–Kier alpha value is -0.120. The lowest BCUT2D eigenvalue weighted by molar-refractivity contribution is 0.100. The van der Waals surface area contributed by atoms with Crippen molar-refractivity contribution < 1.29 is 10.2 Å². The van der Waals surface area contributed by atoms with E-state index in [9.17, 15) is 10.2 Å². The van der Waals surface area contributed by atoms with Gasteiger partial charge in [0.15, 0.2) is 0 Å². The van der Waals surface area contributed by atoms with Gasteiger partial charge in [-0.15, -0.1) is 0 Å². The zero-order valence-corrected chi connectivity index (χ0v) is 9.37. The third-order valence-corrected chi connectivity index (χ3v) is 2.87. The average Bonchev–Trinajstić information content (AvgIpc) is 2.31. The van der Waals surface area contributed by atoms with E-state index in [-0.39, 0.29) is 18.1 Å². The predicted octanol–water partition coefficient (Wildman–Crippen LogP) is 0.852. The molecule has 0 radical (unpaired) electrons. The topological polar surface area (TPSA) is 43.7 Å². The molecule has 0 aromatic heterocycles. The van der Waals surface area contributed by atoms with Gasteiger partial charge in [-0.05, 0) is 25.8 Å². The Balaban J connectivity index is 2.37. The molecule has 2 N–H and O–H groups in total. The normalized spacial score (nSPS) is 26.1. The first-order valence-electron chi connectivity index (χ1n) is 5.55. The summed E-state index contributed by atoms with van der Waals surface area (Å²) in [6, 6.07) is 0. The molecule has 0 bridgehead atoms. The Morgan fingerprint density at radius 1 is 1.29 bits per heavy atom. The molecule has 1 aliphatic heterocycles. The smallest absolute Gasteiger partial charge is 0.0553 e. The monoisotopic (exact) mass is 201 g/mol. The summed E-state index contributed by atoms with van der Waals surface area (Å²) in [7, 11) is 0. The van der Waals surface area contributed by atoms with Gasteiger partial charge in [0.1, 0.15) is 0 Å². The fraction of sp³-hybridized carbons (Fsp3) is 1.00. The van der Waals surface area contributed by atoms with E-state index in [2.05, 4.69) is 18.7 Å². The molecule has 0 aromatic carbocycles. The van der Waals surface area contributed by atoms with Gasteiger partial charge in [0.25, 0.3) is 0 Å². The van der Waals surface area contributed by atoms with Crippen LogP contribution in [0.15, 0.2) is 0 Å². The molecule has 0 spiro atoms. The summed E-state index contributed by atoms with van der Waals surface area (Å²) in [5.41, 5.74) is -0.0186. The van der Waals surface area contributed by atoms with E-state index in [1.165, 1.54) is 0 Å². The van der Waals surface area contributed by atoms with E-state index in [1.807, 2.05) is 0 Å². The molecule has 0 aliphatic carbocycles. The highest BCUT2D eigenvalue weighted by Gasteiger charge is 2.22. The second kappa shape index (κ2) is 5.10. The number of likely N-dealkylation sites (tertiary alicyclic amines) is 1. The highest BCUT2D eigenvalue weighted by molar-refractivity contribution is 4.76. The Morgan fingerprint density at radius 3 is 2.64 bits per heavy atom. The molecule has 14 heavy (non-hydrogen) atoms. The molecule has 84 valence electrons. The quantitative estimate of drug-likeness (QED) is 0.711. The van der Waals surface area contributed by atoms with Crippen LogP contribution < -0.4 is 0 Å². The van der Waals surface area contributed by atoms with Crippen molar-refractivity contribution in [2.75, 3.05) is 26.2 Å². The van der Waals surface area contributed by atoms with Crippen LogP contribution in [0.1, 0.15) is 33.1 Å². The van der Waals surface area contributed by atoms with Gasteiger partial charge in [-0.1, -0.05) is 13.8 Å². The first-order valence-corrected chi connectivity index (χ1v) is 5.55. The molecule has 1 fully saturated rings. The Morgan fingerprint density at radius 2 is 2.00 bits per heavy atom. The fourth-order valence-electron chi connectivity index (χ4n) is 1.95. The zero-order valence-electron chi connectivity index (χ0n) is 9.37. The van der Waals surface area contributed by atoms with Crippen LogP contribution in [0.2, 0.25) is 0 Å². The number of aliphatic hydroxyl groups excluding tert-OH is 2. The highest BCUT2D eigenvalue weighted by Crippen LogP contribution is 2.19. The van der Waals surface area contributed by atoms with Crippen molar-refractivity contribution in [2.24, 2.45) is 5.41 Å². The van der Waals surface area contributed by atoms with Crippen LogP contribution in [0.5, 0.6) is 0 Å². The molecular weight excluding hydrogens is 178 g/mol. The minimum atomic E-state index is -0.114. The molecule has 1 aliphatic rings. The van der Waals surface area contributed by atoms with Crippen LogP contribution in [-0.2, 0) is 0 Å². The number of nitrogens with zero attached hydrogens (tertiary/aromatic N) is 1. The SMILES string of the molecule is CC(C)(CO)CN1CCCC(O)CC1. The van der Waals surface area contributed by atoms with Crippen LogP contribution in [-0.4, -0.2) is 47.5 Å². The van der Waals surface area contributed by atoms with Gasteiger partial charge in [0.2, 0.25) is 0 Å². The van der Waals surface area contributed by atoms with Gasteiger partial charge >= 0.3 is 0 Å². The van der Waals surface area contributed by atoms with Gasteiger partial charge < -0.3 is 15.1 Å².